The van der Waals surface area contributed by atoms with Gasteiger partial charge in [0, 0.05) is 12.8 Å². The van der Waals surface area contributed by atoms with Crippen molar-refractivity contribution >= 4 is 0 Å². The predicted molar refractivity (Wildman–Crippen MR) is 36.2 cm³/mol. The van der Waals surface area contributed by atoms with Gasteiger partial charge >= 0.3 is 0 Å². The molecular weight excluding hydrogens is 112 g/mol. The average molecular weight is 122 g/mol. The maximum absolute atomic E-state index is 5.30. The number of hydrogen-bond acceptors (Lipinski definition) is 1. The molecule has 1 aliphatic heterocycles. The second kappa shape index (κ2) is 1.48. The minimum absolute atomic E-state index is 0.503. The van der Waals surface area contributed by atoms with E-state index < -0.39 is 0 Å². The predicted octanol–water partition coefficient (Wildman–Crippen LogP) is 1.66. The number of epoxide rings is 1. The number of hydrogen-bond donors (Lipinski definition) is 0. The van der Waals surface area contributed by atoms with Gasteiger partial charge in [0.05, 0.1) is 12.2 Å². The van der Waals surface area contributed by atoms with E-state index in [9.17, 15) is 0 Å². The molecule has 2 unspecified atom stereocenters. The molecule has 0 spiro atoms. The highest BCUT2D eigenvalue weighted by Gasteiger charge is 2.42. The van der Waals surface area contributed by atoms with Gasteiger partial charge in [-0.2, -0.15) is 0 Å². The Morgan fingerprint density at radius 3 is 2.00 bits per heavy atom. The van der Waals surface area contributed by atoms with Gasteiger partial charge in [0.25, 0.3) is 0 Å². The highest BCUT2D eigenvalue weighted by atomic mass is 16.6. The number of rotatable bonds is 0. The smallest absolute Gasteiger partial charge is 0.0885 e. The van der Waals surface area contributed by atoms with E-state index in [0.717, 1.165) is 12.8 Å². The van der Waals surface area contributed by atoms with Crippen molar-refractivity contribution in [3.63, 3.8) is 0 Å². The van der Waals surface area contributed by atoms with Crippen molar-refractivity contribution in [2.24, 2.45) is 0 Å². The summed E-state index contributed by atoms with van der Waals surface area (Å²) in [6.07, 6.45) is 3.04. The molecule has 0 radical (unpaired) electrons. The molecule has 0 aromatic carbocycles. The summed E-state index contributed by atoms with van der Waals surface area (Å²) in [6, 6.07) is 0. The molecule has 0 aromatic rings. The van der Waals surface area contributed by atoms with Crippen molar-refractivity contribution in [1.82, 2.24) is 0 Å². The molecule has 0 bridgehead atoms. The first-order chi connectivity index (χ1) is 4.27. The van der Waals surface area contributed by atoms with Gasteiger partial charge in [-0.3, -0.25) is 0 Å². The minimum atomic E-state index is 0.503. The molecule has 1 nitrogen and oxygen atoms in total. The fourth-order valence-electron chi connectivity index (χ4n) is 1.31. The van der Waals surface area contributed by atoms with E-state index in [2.05, 4.69) is 13.2 Å². The molecule has 9 heavy (non-hydrogen) atoms. The van der Waals surface area contributed by atoms with Crippen molar-refractivity contribution in [1.29, 1.82) is 0 Å². The Bertz CT molecular complexity index is 161. The molecule has 0 N–H and O–H groups in total. The standard InChI is InChI=1S/C8H10O/c1-5-3-7-8(9-7)4-6(5)2/h7-8H,1-4H2. The van der Waals surface area contributed by atoms with E-state index in [4.69, 9.17) is 4.74 Å². The van der Waals surface area contributed by atoms with Gasteiger partial charge in [0.2, 0.25) is 0 Å². The molecule has 1 saturated heterocycles. The molecule has 0 aromatic heterocycles. The van der Waals surface area contributed by atoms with Crippen LogP contribution in [0.4, 0.5) is 0 Å². The molecule has 1 heteroatoms. The molecule has 48 valence electrons. The summed E-state index contributed by atoms with van der Waals surface area (Å²) < 4.78 is 5.30. The minimum Gasteiger partial charge on any atom is -0.369 e. The first kappa shape index (κ1) is 5.24. The lowest BCUT2D eigenvalue weighted by Gasteiger charge is -2.10. The summed E-state index contributed by atoms with van der Waals surface area (Å²) >= 11 is 0. The van der Waals surface area contributed by atoms with Gasteiger partial charge < -0.3 is 4.74 Å². The molecule has 1 saturated carbocycles. The first-order valence-electron chi connectivity index (χ1n) is 3.29. The summed E-state index contributed by atoms with van der Waals surface area (Å²) in [7, 11) is 0. The summed E-state index contributed by atoms with van der Waals surface area (Å²) in [4.78, 5) is 0. The molecule has 2 aliphatic rings. The summed E-state index contributed by atoms with van der Waals surface area (Å²) in [6.45, 7) is 7.79. The van der Waals surface area contributed by atoms with Crippen LogP contribution < -0.4 is 0 Å². The van der Waals surface area contributed by atoms with E-state index in [0.29, 0.717) is 12.2 Å². The lowest BCUT2D eigenvalue weighted by molar-refractivity contribution is 0.377. The van der Waals surface area contributed by atoms with Crippen LogP contribution in [0, 0.1) is 0 Å². The lowest BCUT2D eigenvalue weighted by Crippen LogP contribution is -2.05. The third-order valence-corrected chi connectivity index (χ3v) is 2.08. The monoisotopic (exact) mass is 122 g/mol. The fraction of sp³-hybridized carbons (Fsp3) is 0.500. The Kier molecular flexibility index (Phi) is 0.862. The highest BCUT2D eigenvalue weighted by molar-refractivity contribution is 5.32. The normalized spacial score (nSPS) is 40.4. The van der Waals surface area contributed by atoms with Crippen LogP contribution in [-0.2, 0) is 4.74 Å². The van der Waals surface area contributed by atoms with Crippen LogP contribution in [0.5, 0.6) is 0 Å². The molecule has 2 fully saturated rings. The van der Waals surface area contributed by atoms with Crippen molar-refractivity contribution in [3.05, 3.63) is 24.3 Å². The van der Waals surface area contributed by atoms with E-state index in [-0.39, 0.29) is 0 Å². The van der Waals surface area contributed by atoms with Gasteiger partial charge in [-0.25, -0.2) is 0 Å². The zero-order valence-electron chi connectivity index (χ0n) is 5.39. The Labute approximate surface area is 55.0 Å². The van der Waals surface area contributed by atoms with Crippen LogP contribution >= 0.6 is 0 Å². The van der Waals surface area contributed by atoms with Gasteiger partial charge in [-0.05, 0) is 11.1 Å². The van der Waals surface area contributed by atoms with Crippen LogP contribution in [0.15, 0.2) is 24.3 Å². The SMILES string of the molecule is C=C1CC2OC2CC1=C. The van der Waals surface area contributed by atoms with Gasteiger partial charge in [0.15, 0.2) is 0 Å². The van der Waals surface area contributed by atoms with Crippen molar-refractivity contribution in [2.45, 2.75) is 25.0 Å². The van der Waals surface area contributed by atoms with E-state index in [1.807, 2.05) is 0 Å². The van der Waals surface area contributed by atoms with Crippen LogP contribution in [0.1, 0.15) is 12.8 Å². The maximum atomic E-state index is 5.30. The van der Waals surface area contributed by atoms with Crippen LogP contribution in [0.25, 0.3) is 0 Å². The third kappa shape index (κ3) is 0.724. The topological polar surface area (TPSA) is 12.5 Å². The quantitative estimate of drug-likeness (QED) is 0.445. The van der Waals surface area contributed by atoms with Gasteiger partial charge in [-0.1, -0.05) is 13.2 Å². The zero-order chi connectivity index (χ0) is 6.43. The van der Waals surface area contributed by atoms with Crippen molar-refractivity contribution < 1.29 is 4.74 Å². The van der Waals surface area contributed by atoms with E-state index in [1.165, 1.54) is 11.1 Å². The average Bonchev–Trinajstić information content (AvgIpc) is 2.46. The van der Waals surface area contributed by atoms with Crippen LogP contribution in [0.3, 0.4) is 0 Å². The van der Waals surface area contributed by atoms with Gasteiger partial charge in [0.1, 0.15) is 0 Å². The van der Waals surface area contributed by atoms with Crippen LogP contribution in [0.2, 0.25) is 0 Å². The largest absolute Gasteiger partial charge is 0.369 e. The Morgan fingerprint density at radius 1 is 1.11 bits per heavy atom. The molecule has 1 heterocycles. The second-order valence-electron chi connectivity index (χ2n) is 2.83. The molecule has 2 atom stereocenters. The van der Waals surface area contributed by atoms with Crippen molar-refractivity contribution in [3.8, 4) is 0 Å². The third-order valence-electron chi connectivity index (χ3n) is 2.08. The second-order valence-corrected chi connectivity index (χ2v) is 2.83. The fourth-order valence-corrected chi connectivity index (χ4v) is 1.31. The Morgan fingerprint density at radius 2 is 1.56 bits per heavy atom. The number of fused-ring (bicyclic) bond motifs is 1. The highest BCUT2D eigenvalue weighted by Crippen LogP contribution is 2.40. The van der Waals surface area contributed by atoms with Crippen molar-refractivity contribution in [2.75, 3.05) is 0 Å². The number of ether oxygens (including phenoxy) is 1. The van der Waals surface area contributed by atoms with Crippen LogP contribution in [-0.4, -0.2) is 12.2 Å². The maximum Gasteiger partial charge on any atom is 0.0885 e. The first-order valence-corrected chi connectivity index (χ1v) is 3.29. The van der Waals surface area contributed by atoms with E-state index >= 15 is 0 Å². The summed E-state index contributed by atoms with van der Waals surface area (Å²) in [5.41, 5.74) is 2.38. The Hall–Kier alpha value is -0.560. The zero-order valence-corrected chi connectivity index (χ0v) is 5.39. The molecule has 0 amide bonds. The molecular formula is C8H10O. The summed E-state index contributed by atoms with van der Waals surface area (Å²) in [5, 5.41) is 0. The van der Waals surface area contributed by atoms with E-state index in [1.54, 1.807) is 0 Å². The van der Waals surface area contributed by atoms with Gasteiger partial charge in [-0.15, -0.1) is 0 Å². The molecule has 1 aliphatic carbocycles. The summed E-state index contributed by atoms with van der Waals surface area (Å²) in [5.74, 6) is 0. The molecule has 2 rings (SSSR count). The Balaban J connectivity index is 2.15. The lowest BCUT2D eigenvalue weighted by atomic mass is 9.92.